The van der Waals surface area contributed by atoms with E-state index in [1.165, 1.54) is 16.8 Å². The highest BCUT2D eigenvalue weighted by atomic mass is 35.5. The van der Waals surface area contributed by atoms with Gasteiger partial charge in [-0.15, -0.1) is 5.10 Å². The standard InChI is InChI=1S/C20H16ClN7O3/c21-17-11-16(28(30)31)5-6-19(17)25-7-9-26(10-8-25)20(29)18-13-27(24-23-18)15-3-1-14(12-22)2-4-15/h1-6,11,13H,7-10H2. The fourth-order valence-electron chi connectivity index (χ4n) is 3.35. The molecule has 0 bridgehead atoms. The molecule has 1 fully saturated rings. The maximum Gasteiger partial charge on any atom is 0.276 e. The lowest BCUT2D eigenvalue weighted by Gasteiger charge is -2.36. The number of rotatable bonds is 4. The summed E-state index contributed by atoms with van der Waals surface area (Å²) in [6.07, 6.45) is 1.56. The number of carbonyl (C=O) groups is 1. The molecule has 0 spiro atoms. The molecule has 1 aromatic heterocycles. The molecule has 1 aliphatic rings. The van der Waals surface area contributed by atoms with Crippen molar-refractivity contribution in [2.45, 2.75) is 0 Å². The number of nitro groups is 1. The minimum Gasteiger partial charge on any atom is -0.367 e. The number of non-ortho nitro benzene ring substituents is 1. The number of anilines is 1. The molecule has 1 aliphatic heterocycles. The number of nitrogens with zero attached hydrogens (tertiary/aromatic N) is 7. The third-order valence-corrected chi connectivity index (χ3v) is 5.33. The first-order valence-electron chi connectivity index (χ1n) is 9.37. The maximum atomic E-state index is 12.8. The number of amides is 1. The first-order valence-corrected chi connectivity index (χ1v) is 9.75. The van der Waals surface area contributed by atoms with Crippen molar-refractivity contribution in [2.24, 2.45) is 0 Å². The normalized spacial score (nSPS) is 13.7. The Labute approximate surface area is 182 Å². The summed E-state index contributed by atoms with van der Waals surface area (Å²) in [4.78, 5) is 26.9. The molecule has 3 aromatic rings. The number of benzene rings is 2. The summed E-state index contributed by atoms with van der Waals surface area (Å²) in [6, 6.07) is 13.2. The van der Waals surface area contributed by atoms with Gasteiger partial charge in [-0.05, 0) is 30.3 Å². The highest BCUT2D eigenvalue weighted by molar-refractivity contribution is 6.33. The summed E-state index contributed by atoms with van der Waals surface area (Å²) in [5.74, 6) is -0.227. The molecule has 0 aliphatic carbocycles. The molecule has 1 saturated heterocycles. The second-order valence-corrected chi connectivity index (χ2v) is 7.29. The Balaban J connectivity index is 1.41. The fourth-order valence-corrected chi connectivity index (χ4v) is 3.65. The van der Waals surface area contributed by atoms with Crippen molar-refractivity contribution in [1.29, 1.82) is 5.26 Å². The number of hydrogen-bond acceptors (Lipinski definition) is 7. The lowest BCUT2D eigenvalue weighted by molar-refractivity contribution is -0.384. The number of nitriles is 1. The van der Waals surface area contributed by atoms with Crippen molar-refractivity contribution in [3.8, 4) is 11.8 Å². The Morgan fingerprint density at radius 1 is 1.13 bits per heavy atom. The number of hydrogen-bond donors (Lipinski definition) is 0. The lowest BCUT2D eigenvalue weighted by Crippen LogP contribution is -2.49. The SMILES string of the molecule is N#Cc1ccc(-n2cc(C(=O)N3CCN(c4ccc([N+](=O)[O-])cc4Cl)CC3)nn2)cc1. The van der Waals surface area contributed by atoms with Crippen LogP contribution in [0.1, 0.15) is 16.1 Å². The average molecular weight is 438 g/mol. The summed E-state index contributed by atoms with van der Waals surface area (Å²) in [7, 11) is 0. The number of aromatic nitrogens is 3. The van der Waals surface area contributed by atoms with Gasteiger partial charge < -0.3 is 9.80 Å². The molecular formula is C20H16ClN7O3. The molecule has 0 unspecified atom stereocenters. The van der Waals surface area contributed by atoms with Gasteiger partial charge in [0.05, 0.1) is 39.2 Å². The Hall–Kier alpha value is -3.97. The van der Waals surface area contributed by atoms with Gasteiger partial charge in [-0.2, -0.15) is 5.26 Å². The highest BCUT2D eigenvalue weighted by Crippen LogP contribution is 2.30. The monoisotopic (exact) mass is 437 g/mol. The Kier molecular flexibility index (Phi) is 5.51. The van der Waals surface area contributed by atoms with E-state index in [-0.39, 0.29) is 17.3 Å². The van der Waals surface area contributed by atoms with Gasteiger partial charge >= 0.3 is 0 Å². The molecule has 1 amide bonds. The second-order valence-electron chi connectivity index (χ2n) is 6.88. The first-order chi connectivity index (χ1) is 15.0. The topological polar surface area (TPSA) is 121 Å². The van der Waals surface area contributed by atoms with E-state index in [4.69, 9.17) is 16.9 Å². The maximum absolute atomic E-state index is 12.8. The van der Waals surface area contributed by atoms with Crippen LogP contribution in [0.25, 0.3) is 5.69 Å². The van der Waals surface area contributed by atoms with Gasteiger partial charge in [0, 0.05) is 38.3 Å². The van der Waals surface area contributed by atoms with Gasteiger partial charge in [-0.1, -0.05) is 16.8 Å². The van der Waals surface area contributed by atoms with E-state index < -0.39 is 4.92 Å². The predicted octanol–water partition coefficient (Wildman–Crippen LogP) is 2.66. The van der Waals surface area contributed by atoms with E-state index in [9.17, 15) is 14.9 Å². The van der Waals surface area contributed by atoms with Crippen LogP contribution in [0.4, 0.5) is 11.4 Å². The van der Waals surface area contributed by atoms with Crippen molar-refractivity contribution in [3.05, 3.63) is 75.1 Å². The lowest BCUT2D eigenvalue weighted by atomic mass is 10.2. The quantitative estimate of drug-likeness (QED) is 0.454. The third kappa shape index (κ3) is 4.17. The van der Waals surface area contributed by atoms with Crippen LogP contribution >= 0.6 is 11.6 Å². The van der Waals surface area contributed by atoms with Gasteiger partial charge in [0.25, 0.3) is 11.6 Å². The molecule has 2 heterocycles. The minimum atomic E-state index is -0.489. The van der Waals surface area contributed by atoms with Gasteiger partial charge in [-0.25, -0.2) is 4.68 Å². The molecule has 0 atom stereocenters. The van der Waals surface area contributed by atoms with Crippen molar-refractivity contribution in [1.82, 2.24) is 19.9 Å². The molecule has 11 heteroatoms. The van der Waals surface area contributed by atoms with E-state index in [2.05, 4.69) is 16.4 Å². The van der Waals surface area contributed by atoms with Crippen molar-refractivity contribution in [2.75, 3.05) is 31.1 Å². The van der Waals surface area contributed by atoms with Crippen LogP contribution in [0.15, 0.2) is 48.7 Å². The summed E-state index contributed by atoms with van der Waals surface area (Å²) < 4.78 is 1.49. The fraction of sp³-hybridized carbons (Fsp3) is 0.200. The molecular weight excluding hydrogens is 422 g/mol. The van der Waals surface area contributed by atoms with E-state index in [0.717, 1.165) is 0 Å². The van der Waals surface area contributed by atoms with Crippen LogP contribution < -0.4 is 4.90 Å². The van der Waals surface area contributed by atoms with E-state index in [1.807, 2.05) is 4.90 Å². The van der Waals surface area contributed by atoms with E-state index in [0.29, 0.717) is 48.1 Å². The molecule has 156 valence electrons. The number of carbonyl (C=O) groups excluding carboxylic acids is 1. The van der Waals surface area contributed by atoms with Gasteiger partial charge in [-0.3, -0.25) is 14.9 Å². The smallest absolute Gasteiger partial charge is 0.276 e. The molecule has 10 nitrogen and oxygen atoms in total. The van der Waals surface area contributed by atoms with E-state index >= 15 is 0 Å². The zero-order valence-electron chi connectivity index (χ0n) is 16.2. The Bertz CT molecular complexity index is 1180. The molecule has 0 radical (unpaired) electrons. The summed E-state index contributed by atoms with van der Waals surface area (Å²) in [6.45, 7) is 1.98. The zero-order valence-corrected chi connectivity index (χ0v) is 16.9. The van der Waals surface area contributed by atoms with Crippen LogP contribution in [0.2, 0.25) is 5.02 Å². The Morgan fingerprint density at radius 3 is 2.45 bits per heavy atom. The molecule has 0 saturated carbocycles. The zero-order chi connectivity index (χ0) is 22.0. The molecule has 4 rings (SSSR count). The van der Waals surface area contributed by atoms with Crippen molar-refractivity contribution < 1.29 is 9.72 Å². The number of nitro benzene ring substituents is 1. The van der Waals surface area contributed by atoms with Crippen molar-refractivity contribution >= 4 is 28.9 Å². The van der Waals surface area contributed by atoms with Crippen LogP contribution in [-0.2, 0) is 0 Å². The number of halogens is 1. The molecule has 31 heavy (non-hydrogen) atoms. The van der Waals surface area contributed by atoms with Gasteiger partial charge in [0.1, 0.15) is 0 Å². The third-order valence-electron chi connectivity index (χ3n) is 5.02. The van der Waals surface area contributed by atoms with Crippen LogP contribution in [0.5, 0.6) is 0 Å². The predicted molar refractivity (Wildman–Crippen MR) is 112 cm³/mol. The van der Waals surface area contributed by atoms with Crippen LogP contribution in [-0.4, -0.2) is 56.9 Å². The summed E-state index contributed by atoms with van der Waals surface area (Å²) >= 11 is 6.22. The minimum absolute atomic E-state index is 0.0621. The number of piperazine rings is 1. The van der Waals surface area contributed by atoms with Crippen LogP contribution in [0.3, 0.4) is 0 Å². The van der Waals surface area contributed by atoms with Crippen LogP contribution in [0, 0.1) is 21.4 Å². The average Bonchev–Trinajstić information content (AvgIpc) is 3.29. The summed E-state index contributed by atoms with van der Waals surface area (Å²) in [5.41, 5.74) is 2.10. The largest absolute Gasteiger partial charge is 0.367 e. The first kappa shape index (κ1) is 20.3. The highest BCUT2D eigenvalue weighted by Gasteiger charge is 2.25. The molecule has 2 aromatic carbocycles. The van der Waals surface area contributed by atoms with Crippen molar-refractivity contribution in [3.63, 3.8) is 0 Å². The molecule has 0 N–H and O–H groups in total. The Morgan fingerprint density at radius 2 is 1.84 bits per heavy atom. The second kappa shape index (κ2) is 8.41. The summed E-state index contributed by atoms with van der Waals surface area (Å²) in [5, 5.41) is 28.1. The van der Waals surface area contributed by atoms with Gasteiger partial charge in [0.2, 0.25) is 0 Å². The van der Waals surface area contributed by atoms with Gasteiger partial charge in [0.15, 0.2) is 5.69 Å². The van der Waals surface area contributed by atoms with E-state index in [1.54, 1.807) is 41.4 Å².